The summed E-state index contributed by atoms with van der Waals surface area (Å²) in [4.78, 5) is 18.5. The van der Waals surface area contributed by atoms with Crippen molar-refractivity contribution in [3.63, 3.8) is 0 Å². The quantitative estimate of drug-likeness (QED) is 0.853. The molecule has 3 rings (SSSR count). The second kappa shape index (κ2) is 5.85. The van der Waals surface area contributed by atoms with Crippen LogP contribution in [-0.4, -0.2) is 33.8 Å². The van der Waals surface area contributed by atoms with Crippen LogP contribution in [-0.2, 0) is 6.54 Å². The number of halogens is 1. The SMILES string of the molecule is CCN(C(=O)c1cc2n(n1)CCCO2)c1ccc(Br)cn1. The molecule has 0 unspecified atom stereocenters. The maximum atomic E-state index is 12.6. The largest absolute Gasteiger partial charge is 0.478 e. The monoisotopic (exact) mass is 350 g/mol. The number of carbonyl (C=O) groups excluding carboxylic acids is 1. The van der Waals surface area contributed by atoms with E-state index in [0.717, 1.165) is 17.4 Å². The lowest BCUT2D eigenvalue weighted by atomic mass is 10.3. The van der Waals surface area contributed by atoms with Gasteiger partial charge in [0.1, 0.15) is 5.82 Å². The third-order valence-corrected chi connectivity index (χ3v) is 3.75. The maximum Gasteiger partial charge on any atom is 0.280 e. The van der Waals surface area contributed by atoms with Crippen molar-refractivity contribution in [2.24, 2.45) is 0 Å². The first-order chi connectivity index (χ1) is 10.2. The van der Waals surface area contributed by atoms with Gasteiger partial charge in [0.25, 0.3) is 5.91 Å². The highest BCUT2D eigenvalue weighted by Gasteiger charge is 2.23. The molecule has 0 aliphatic carbocycles. The smallest absolute Gasteiger partial charge is 0.280 e. The van der Waals surface area contributed by atoms with Crippen molar-refractivity contribution in [2.45, 2.75) is 19.9 Å². The van der Waals surface area contributed by atoms with E-state index in [-0.39, 0.29) is 5.91 Å². The minimum absolute atomic E-state index is 0.169. The molecule has 1 amide bonds. The minimum atomic E-state index is -0.169. The standard InChI is InChI=1S/C14H15BrN4O2/c1-2-18(12-5-4-10(15)9-16-12)14(20)11-8-13-19(17-11)6-3-7-21-13/h4-5,8-9H,2-3,6-7H2,1H3. The van der Waals surface area contributed by atoms with Gasteiger partial charge in [-0.2, -0.15) is 5.10 Å². The fraction of sp³-hybridized carbons (Fsp3) is 0.357. The summed E-state index contributed by atoms with van der Waals surface area (Å²) in [5, 5.41) is 4.33. The van der Waals surface area contributed by atoms with E-state index in [2.05, 4.69) is 26.0 Å². The van der Waals surface area contributed by atoms with Crippen molar-refractivity contribution in [3.8, 4) is 5.88 Å². The van der Waals surface area contributed by atoms with Crippen LogP contribution in [0, 0.1) is 0 Å². The van der Waals surface area contributed by atoms with Gasteiger partial charge in [0.05, 0.1) is 6.61 Å². The molecule has 1 aliphatic rings. The van der Waals surface area contributed by atoms with Crippen LogP contribution in [0.1, 0.15) is 23.8 Å². The third kappa shape index (κ3) is 2.78. The molecule has 6 nitrogen and oxygen atoms in total. The molecule has 0 saturated heterocycles. The van der Waals surface area contributed by atoms with Gasteiger partial charge in [-0.05, 0) is 35.0 Å². The number of carbonyl (C=O) groups is 1. The number of hydrogen-bond donors (Lipinski definition) is 0. The van der Waals surface area contributed by atoms with E-state index in [1.165, 1.54) is 0 Å². The highest BCUT2D eigenvalue weighted by molar-refractivity contribution is 9.10. The molecule has 1 aliphatic heterocycles. The van der Waals surface area contributed by atoms with Crippen LogP contribution in [0.3, 0.4) is 0 Å². The molecule has 0 fully saturated rings. The van der Waals surface area contributed by atoms with Gasteiger partial charge < -0.3 is 4.74 Å². The number of hydrogen-bond acceptors (Lipinski definition) is 4. The van der Waals surface area contributed by atoms with Gasteiger partial charge in [-0.3, -0.25) is 9.69 Å². The molecule has 3 heterocycles. The van der Waals surface area contributed by atoms with E-state index in [0.29, 0.717) is 30.5 Å². The first kappa shape index (κ1) is 14.1. The molecule has 0 aromatic carbocycles. The summed E-state index contributed by atoms with van der Waals surface area (Å²) in [7, 11) is 0. The molecule has 0 saturated carbocycles. The van der Waals surface area contributed by atoms with E-state index in [4.69, 9.17) is 4.74 Å². The highest BCUT2D eigenvalue weighted by Crippen LogP contribution is 2.21. The van der Waals surface area contributed by atoms with Crippen molar-refractivity contribution in [1.82, 2.24) is 14.8 Å². The lowest BCUT2D eigenvalue weighted by Crippen LogP contribution is -2.31. The van der Waals surface area contributed by atoms with Gasteiger partial charge in [-0.25, -0.2) is 9.67 Å². The normalized spacial score (nSPS) is 13.4. The molecule has 0 spiro atoms. The number of ether oxygens (including phenoxy) is 1. The van der Waals surface area contributed by atoms with E-state index >= 15 is 0 Å². The molecule has 7 heteroatoms. The first-order valence-electron chi connectivity index (χ1n) is 6.83. The Morgan fingerprint density at radius 2 is 2.38 bits per heavy atom. The Labute approximate surface area is 130 Å². The number of aryl methyl sites for hydroxylation is 1. The van der Waals surface area contributed by atoms with E-state index in [1.807, 2.05) is 13.0 Å². The van der Waals surface area contributed by atoms with Crippen molar-refractivity contribution in [1.29, 1.82) is 0 Å². The molecule has 21 heavy (non-hydrogen) atoms. The molecular weight excluding hydrogens is 336 g/mol. The van der Waals surface area contributed by atoms with Gasteiger partial charge in [-0.15, -0.1) is 0 Å². The zero-order chi connectivity index (χ0) is 14.8. The van der Waals surface area contributed by atoms with E-state index in [1.54, 1.807) is 27.9 Å². The minimum Gasteiger partial charge on any atom is -0.478 e. The fourth-order valence-electron chi connectivity index (χ4n) is 2.25. The number of amides is 1. The molecule has 2 aromatic heterocycles. The average molecular weight is 351 g/mol. The Morgan fingerprint density at radius 1 is 1.52 bits per heavy atom. The van der Waals surface area contributed by atoms with Gasteiger partial charge in [0, 0.05) is 36.2 Å². The zero-order valence-corrected chi connectivity index (χ0v) is 13.2. The number of rotatable bonds is 3. The topological polar surface area (TPSA) is 60.2 Å². The molecule has 0 atom stereocenters. The number of fused-ring (bicyclic) bond motifs is 1. The van der Waals surface area contributed by atoms with Crippen LogP contribution in [0.5, 0.6) is 5.88 Å². The molecule has 2 aromatic rings. The van der Waals surface area contributed by atoms with Crippen molar-refractivity contribution < 1.29 is 9.53 Å². The van der Waals surface area contributed by atoms with Gasteiger partial charge in [-0.1, -0.05) is 0 Å². The number of anilines is 1. The Morgan fingerprint density at radius 3 is 3.05 bits per heavy atom. The third-order valence-electron chi connectivity index (χ3n) is 3.28. The Kier molecular flexibility index (Phi) is 3.92. The van der Waals surface area contributed by atoms with Crippen LogP contribution in [0.2, 0.25) is 0 Å². The maximum absolute atomic E-state index is 12.6. The van der Waals surface area contributed by atoms with Gasteiger partial charge >= 0.3 is 0 Å². The van der Waals surface area contributed by atoms with Gasteiger partial charge in [0.2, 0.25) is 5.88 Å². The predicted molar refractivity (Wildman–Crippen MR) is 81.6 cm³/mol. The second-order valence-corrected chi connectivity index (χ2v) is 5.59. The van der Waals surface area contributed by atoms with Gasteiger partial charge in [0.15, 0.2) is 5.69 Å². The second-order valence-electron chi connectivity index (χ2n) is 4.68. The summed E-state index contributed by atoms with van der Waals surface area (Å²) in [5.74, 6) is 1.10. The van der Waals surface area contributed by atoms with Crippen molar-refractivity contribution >= 4 is 27.7 Å². The van der Waals surface area contributed by atoms with Crippen LogP contribution < -0.4 is 9.64 Å². The number of pyridine rings is 1. The number of aromatic nitrogens is 3. The van der Waals surface area contributed by atoms with Crippen LogP contribution in [0.25, 0.3) is 0 Å². The van der Waals surface area contributed by atoms with Crippen molar-refractivity contribution in [2.75, 3.05) is 18.1 Å². The molecule has 0 bridgehead atoms. The summed E-state index contributed by atoms with van der Waals surface area (Å²) in [6, 6.07) is 5.36. The highest BCUT2D eigenvalue weighted by atomic mass is 79.9. The Bertz CT molecular complexity index is 630. The first-order valence-corrected chi connectivity index (χ1v) is 7.62. The molecular formula is C14H15BrN4O2. The summed E-state index contributed by atoms with van der Waals surface area (Å²) in [6.45, 7) is 3.89. The average Bonchev–Trinajstić information content (AvgIpc) is 2.93. The van der Waals surface area contributed by atoms with Crippen LogP contribution in [0.4, 0.5) is 5.82 Å². The Hall–Kier alpha value is -1.89. The van der Waals surface area contributed by atoms with E-state index in [9.17, 15) is 4.79 Å². The molecule has 0 N–H and O–H groups in total. The van der Waals surface area contributed by atoms with E-state index < -0.39 is 0 Å². The lowest BCUT2D eigenvalue weighted by molar-refractivity contribution is 0.0982. The molecule has 0 radical (unpaired) electrons. The predicted octanol–water partition coefficient (Wildman–Crippen LogP) is 2.49. The number of nitrogens with zero attached hydrogens (tertiary/aromatic N) is 4. The lowest BCUT2D eigenvalue weighted by Gasteiger charge is -2.18. The zero-order valence-electron chi connectivity index (χ0n) is 11.6. The summed E-state index contributed by atoms with van der Waals surface area (Å²) in [6.07, 6.45) is 2.58. The van der Waals surface area contributed by atoms with Crippen molar-refractivity contribution in [3.05, 3.63) is 34.6 Å². The van der Waals surface area contributed by atoms with Crippen LogP contribution >= 0.6 is 15.9 Å². The summed E-state index contributed by atoms with van der Waals surface area (Å²) < 4.78 is 8.11. The molecule has 110 valence electrons. The Balaban J connectivity index is 1.88. The van der Waals surface area contributed by atoms with Crippen LogP contribution in [0.15, 0.2) is 28.9 Å². The summed E-state index contributed by atoms with van der Waals surface area (Å²) in [5.41, 5.74) is 0.387. The summed E-state index contributed by atoms with van der Waals surface area (Å²) >= 11 is 3.34. The fourth-order valence-corrected chi connectivity index (χ4v) is 2.48.